The fourth-order valence-corrected chi connectivity index (χ4v) is 5.42. The number of fused-ring (bicyclic) bond motifs is 1. The molecule has 1 fully saturated rings. The van der Waals surface area contributed by atoms with Crippen molar-refractivity contribution < 1.29 is 19.4 Å². The van der Waals surface area contributed by atoms with Gasteiger partial charge in [0.2, 0.25) is 0 Å². The topological polar surface area (TPSA) is 79.7 Å². The Balaban J connectivity index is 1.74. The number of aliphatic hydroxyl groups is 1. The minimum atomic E-state index is -0.890. The Kier molecular flexibility index (Phi) is 5.86. The second-order valence-corrected chi connectivity index (χ2v) is 9.44. The fourth-order valence-electron chi connectivity index (χ4n) is 4.36. The van der Waals surface area contributed by atoms with Gasteiger partial charge in [0.15, 0.2) is 5.13 Å². The lowest BCUT2D eigenvalue weighted by Crippen LogP contribution is -2.29. The molecule has 7 heteroatoms. The number of thiazole rings is 1. The minimum Gasteiger partial charge on any atom is -0.507 e. The zero-order valence-corrected chi connectivity index (χ0v) is 20.4. The standard InChI is InChI=1S/C28H24N2O4S/c1-4-17-11-14-20-22(15-17)35-28(29-20)30-24(19-7-5-6-8-21(19)34-3)23(26(32)27(30)33)25(31)18-12-9-16(2)10-13-18/h5-15,24,31H,4H2,1-3H3/t24-/m0/s1. The molecule has 0 spiro atoms. The van der Waals surface area contributed by atoms with Crippen LogP contribution in [-0.2, 0) is 16.0 Å². The Bertz CT molecular complexity index is 1490. The van der Waals surface area contributed by atoms with E-state index in [9.17, 15) is 14.7 Å². The summed E-state index contributed by atoms with van der Waals surface area (Å²) in [7, 11) is 1.54. The number of amides is 1. The summed E-state index contributed by atoms with van der Waals surface area (Å²) in [4.78, 5) is 32.9. The number of carbonyl (C=O) groups excluding carboxylic acids is 2. The highest BCUT2D eigenvalue weighted by Gasteiger charge is 2.49. The number of aliphatic hydroxyl groups excluding tert-OH is 1. The first-order chi connectivity index (χ1) is 16.9. The maximum absolute atomic E-state index is 13.4. The number of hydrogen-bond acceptors (Lipinski definition) is 6. The molecule has 4 aromatic rings. The van der Waals surface area contributed by atoms with Crippen LogP contribution >= 0.6 is 11.3 Å². The van der Waals surface area contributed by atoms with E-state index in [-0.39, 0.29) is 11.3 Å². The van der Waals surface area contributed by atoms with E-state index >= 15 is 0 Å². The van der Waals surface area contributed by atoms with Gasteiger partial charge in [-0.1, -0.05) is 72.4 Å². The van der Waals surface area contributed by atoms with Crippen molar-refractivity contribution in [3.8, 4) is 5.75 Å². The number of carbonyl (C=O) groups is 2. The number of benzene rings is 3. The van der Waals surface area contributed by atoms with Crippen LogP contribution in [0.2, 0.25) is 0 Å². The number of methoxy groups -OCH3 is 1. The van der Waals surface area contributed by atoms with Crippen LogP contribution in [0.5, 0.6) is 5.75 Å². The lowest BCUT2D eigenvalue weighted by Gasteiger charge is -2.24. The van der Waals surface area contributed by atoms with E-state index in [2.05, 4.69) is 13.0 Å². The molecule has 35 heavy (non-hydrogen) atoms. The third kappa shape index (κ3) is 3.88. The molecular formula is C28H24N2O4S. The lowest BCUT2D eigenvalue weighted by atomic mass is 9.94. The highest BCUT2D eigenvalue weighted by atomic mass is 32.1. The average molecular weight is 485 g/mol. The van der Waals surface area contributed by atoms with Gasteiger partial charge in [-0.3, -0.25) is 14.5 Å². The van der Waals surface area contributed by atoms with Crippen LogP contribution in [0.4, 0.5) is 5.13 Å². The van der Waals surface area contributed by atoms with E-state index in [4.69, 9.17) is 9.72 Å². The number of nitrogens with zero attached hydrogens (tertiary/aromatic N) is 2. The second kappa shape index (κ2) is 9.00. The highest BCUT2D eigenvalue weighted by molar-refractivity contribution is 7.22. The molecule has 1 aromatic heterocycles. The van der Waals surface area contributed by atoms with E-state index in [1.165, 1.54) is 23.3 Å². The summed E-state index contributed by atoms with van der Waals surface area (Å²) in [6.45, 7) is 4.02. The zero-order chi connectivity index (χ0) is 24.7. The number of aryl methyl sites for hydroxylation is 2. The maximum atomic E-state index is 13.4. The first-order valence-electron chi connectivity index (χ1n) is 11.3. The van der Waals surface area contributed by atoms with Gasteiger partial charge in [0.1, 0.15) is 17.6 Å². The van der Waals surface area contributed by atoms with Gasteiger partial charge in [-0.15, -0.1) is 0 Å². The zero-order valence-electron chi connectivity index (χ0n) is 19.6. The number of ketones is 1. The first kappa shape index (κ1) is 22.8. The molecule has 1 N–H and O–H groups in total. The number of rotatable bonds is 5. The largest absolute Gasteiger partial charge is 0.507 e. The van der Waals surface area contributed by atoms with Gasteiger partial charge in [0.25, 0.3) is 5.78 Å². The first-order valence-corrected chi connectivity index (χ1v) is 12.1. The number of anilines is 1. The molecule has 1 aliphatic rings. The van der Waals surface area contributed by atoms with E-state index < -0.39 is 17.7 Å². The van der Waals surface area contributed by atoms with Gasteiger partial charge in [0, 0.05) is 11.1 Å². The van der Waals surface area contributed by atoms with Crippen molar-refractivity contribution in [2.24, 2.45) is 0 Å². The second-order valence-electron chi connectivity index (χ2n) is 8.43. The maximum Gasteiger partial charge on any atom is 0.301 e. The lowest BCUT2D eigenvalue weighted by molar-refractivity contribution is -0.132. The summed E-state index contributed by atoms with van der Waals surface area (Å²) in [5.74, 6) is -1.21. The van der Waals surface area contributed by atoms with Gasteiger partial charge in [-0.05, 0) is 37.1 Å². The highest BCUT2D eigenvalue weighted by Crippen LogP contribution is 2.46. The van der Waals surface area contributed by atoms with Crippen molar-refractivity contribution in [1.29, 1.82) is 0 Å². The van der Waals surface area contributed by atoms with Crippen molar-refractivity contribution in [1.82, 2.24) is 4.98 Å². The molecule has 1 saturated heterocycles. The Hall–Kier alpha value is -3.97. The molecule has 176 valence electrons. The summed E-state index contributed by atoms with van der Waals surface area (Å²) < 4.78 is 6.51. The number of para-hydroxylation sites is 1. The van der Waals surface area contributed by atoms with Gasteiger partial charge in [-0.2, -0.15) is 0 Å². The molecule has 0 aliphatic carbocycles. The molecule has 6 nitrogen and oxygen atoms in total. The third-order valence-corrected chi connectivity index (χ3v) is 7.28. The smallest absolute Gasteiger partial charge is 0.301 e. The van der Waals surface area contributed by atoms with Crippen molar-refractivity contribution in [3.63, 3.8) is 0 Å². The molecule has 5 rings (SSSR count). The number of aromatic nitrogens is 1. The quantitative estimate of drug-likeness (QED) is 0.220. The molecule has 0 bridgehead atoms. The summed E-state index contributed by atoms with van der Waals surface area (Å²) in [5, 5.41) is 11.7. The molecule has 1 aliphatic heterocycles. The van der Waals surface area contributed by atoms with Gasteiger partial charge in [-0.25, -0.2) is 4.98 Å². The Morgan fingerprint density at radius 3 is 2.54 bits per heavy atom. The fraction of sp³-hybridized carbons (Fsp3) is 0.179. The predicted octanol–water partition coefficient (Wildman–Crippen LogP) is 5.80. The molecule has 0 radical (unpaired) electrons. The number of Topliss-reactive ketones (excluding diaryl/α,β-unsaturated/α-hetero) is 1. The van der Waals surface area contributed by atoms with Crippen LogP contribution in [0.3, 0.4) is 0 Å². The summed E-state index contributed by atoms with van der Waals surface area (Å²) in [6, 6.07) is 19.5. The van der Waals surface area contributed by atoms with Crippen molar-refractivity contribution in [2.75, 3.05) is 12.0 Å². The SMILES string of the molecule is CCc1ccc2nc(N3C(=O)C(=O)C(=C(O)c4ccc(C)cc4)[C@@H]3c3ccccc3OC)sc2c1. The molecule has 2 heterocycles. The van der Waals surface area contributed by atoms with Crippen LogP contribution in [0.1, 0.15) is 35.2 Å². The summed E-state index contributed by atoms with van der Waals surface area (Å²) >= 11 is 1.35. The van der Waals surface area contributed by atoms with Gasteiger partial charge in [0.05, 0.1) is 22.9 Å². The van der Waals surface area contributed by atoms with E-state index in [0.717, 1.165) is 27.8 Å². The monoisotopic (exact) mass is 484 g/mol. The molecule has 0 unspecified atom stereocenters. The minimum absolute atomic E-state index is 0.0110. The van der Waals surface area contributed by atoms with Crippen LogP contribution in [0.25, 0.3) is 16.0 Å². The summed E-state index contributed by atoms with van der Waals surface area (Å²) in [6.07, 6.45) is 0.880. The predicted molar refractivity (Wildman–Crippen MR) is 138 cm³/mol. The van der Waals surface area contributed by atoms with Crippen molar-refractivity contribution >= 4 is 44.1 Å². The van der Waals surface area contributed by atoms with E-state index in [1.54, 1.807) is 24.3 Å². The average Bonchev–Trinajstić information content (AvgIpc) is 3.41. The molecule has 3 aromatic carbocycles. The van der Waals surface area contributed by atoms with E-state index in [1.807, 2.05) is 43.3 Å². The van der Waals surface area contributed by atoms with Gasteiger partial charge >= 0.3 is 5.91 Å². The van der Waals surface area contributed by atoms with Crippen LogP contribution < -0.4 is 9.64 Å². The molecule has 1 atom stereocenters. The van der Waals surface area contributed by atoms with Crippen LogP contribution in [-0.4, -0.2) is 28.9 Å². The molecular weight excluding hydrogens is 460 g/mol. The van der Waals surface area contributed by atoms with Crippen LogP contribution in [0, 0.1) is 6.92 Å². The number of hydrogen-bond donors (Lipinski definition) is 1. The Morgan fingerprint density at radius 1 is 1.09 bits per heavy atom. The molecule has 0 saturated carbocycles. The number of ether oxygens (including phenoxy) is 1. The van der Waals surface area contributed by atoms with Crippen molar-refractivity contribution in [3.05, 3.63) is 94.6 Å². The molecule has 1 amide bonds. The third-order valence-electron chi connectivity index (χ3n) is 6.26. The van der Waals surface area contributed by atoms with Crippen molar-refractivity contribution in [2.45, 2.75) is 26.3 Å². The van der Waals surface area contributed by atoms with Gasteiger partial charge < -0.3 is 9.84 Å². The Labute approximate surface area is 207 Å². The summed E-state index contributed by atoms with van der Waals surface area (Å²) in [5.41, 5.74) is 4.00. The van der Waals surface area contributed by atoms with Crippen LogP contribution in [0.15, 0.2) is 72.3 Å². The normalized spacial score (nSPS) is 17.3. The van der Waals surface area contributed by atoms with E-state index in [0.29, 0.717) is 22.0 Å². The Morgan fingerprint density at radius 2 is 1.83 bits per heavy atom.